The third-order valence-corrected chi connectivity index (χ3v) is 2.71. The molecule has 0 aromatic carbocycles. The van der Waals surface area contributed by atoms with Crippen molar-refractivity contribution >= 4 is 5.91 Å². The molecule has 18 heavy (non-hydrogen) atoms. The molecule has 1 N–H and O–H groups in total. The normalized spacial score (nSPS) is 11.7. The minimum atomic E-state index is 0.0177. The van der Waals surface area contributed by atoms with Crippen molar-refractivity contribution in [1.82, 2.24) is 20.0 Å². The number of nitrogens with zero attached hydrogens (tertiary/aromatic N) is 3. The van der Waals surface area contributed by atoms with Gasteiger partial charge in [0.1, 0.15) is 0 Å². The van der Waals surface area contributed by atoms with Gasteiger partial charge in [-0.05, 0) is 0 Å². The predicted molar refractivity (Wildman–Crippen MR) is 72.3 cm³/mol. The number of hydrogen-bond donors (Lipinski definition) is 1. The van der Waals surface area contributed by atoms with Crippen molar-refractivity contribution in [2.75, 3.05) is 20.6 Å². The third kappa shape index (κ3) is 3.84. The summed E-state index contributed by atoms with van der Waals surface area (Å²) in [5.41, 5.74) is 2.25. The lowest BCUT2D eigenvalue weighted by Crippen LogP contribution is -2.33. The molecule has 1 aromatic heterocycles. The zero-order chi connectivity index (χ0) is 13.9. The van der Waals surface area contributed by atoms with Crippen LogP contribution in [-0.2, 0) is 23.8 Å². The predicted octanol–water partition coefficient (Wildman–Crippen LogP) is 0.895. The first kappa shape index (κ1) is 14.7. The minimum absolute atomic E-state index is 0.0177. The van der Waals surface area contributed by atoms with Gasteiger partial charge in [-0.2, -0.15) is 5.10 Å². The summed E-state index contributed by atoms with van der Waals surface area (Å²) in [5, 5.41) is 7.66. The molecule has 0 aliphatic carbocycles. The van der Waals surface area contributed by atoms with E-state index in [2.05, 4.69) is 31.2 Å². The van der Waals surface area contributed by atoms with Crippen LogP contribution in [0.3, 0.4) is 0 Å². The lowest BCUT2D eigenvalue weighted by Gasteiger charge is -2.18. The number of carbonyl (C=O) groups is 1. The third-order valence-electron chi connectivity index (χ3n) is 2.71. The van der Waals surface area contributed by atoms with E-state index in [0.717, 1.165) is 11.3 Å². The fraction of sp³-hybridized carbons (Fsp3) is 0.692. The van der Waals surface area contributed by atoms with Gasteiger partial charge in [-0.3, -0.25) is 9.48 Å². The Morgan fingerprint density at radius 2 is 2.06 bits per heavy atom. The van der Waals surface area contributed by atoms with Crippen molar-refractivity contribution in [3.63, 3.8) is 0 Å². The molecule has 5 heteroatoms. The summed E-state index contributed by atoms with van der Waals surface area (Å²) >= 11 is 0. The molecule has 0 aliphatic heterocycles. The van der Waals surface area contributed by atoms with Crippen LogP contribution in [0.15, 0.2) is 6.20 Å². The monoisotopic (exact) mass is 252 g/mol. The molecular weight excluding hydrogens is 228 g/mol. The maximum atomic E-state index is 11.5. The Bertz CT molecular complexity index is 415. The van der Waals surface area contributed by atoms with Crippen molar-refractivity contribution in [3.05, 3.63) is 17.5 Å². The summed E-state index contributed by atoms with van der Waals surface area (Å²) in [7, 11) is 5.44. The highest BCUT2D eigenvalue weighted by molar-refractivity contribution is 5.77. The Balaban J connectivity index is 2.65. The van der Waals surface area contributed by atoms with Gasteiger partial charge >= 0.3 is 0 Å². The lowest BCUT2D eigenvalue weighted by atomic mass is 9.89. The second-order valence-electron chi connectivity index (χ2n) is 5.82. The van der Waals surface area contributed by atoms with Crippen LogP contribution in [0.25, 0.3) is 0 Å². The van der Waals surface area contributed by atoms with Gasteiger partial charge in [0.25, 0.3) is 0 Å². The quantitative estimate of drug-likeness (QED) is 0.866. The van der Waals surface area contributed by atoms with Crippen molar-refractivity contribution in [2.24, 2.45) is 7.05 Å². The van der Waals surface area contributed by atoms with Crippen LogP contribution in [0.2, 0.25) is 0 Å². The number of likely N-dealkylation sites (N-methyl/N-ethyl adjacent to an activating group) is 1. The molecule has 5 nitrogen and oxygen atoms in total. The van der Waals surface area contributed by atoms with E-state index in [0.29, 0.717) is 13.1 Å². The standard InChI is InChI=1S/C13H24N4O/c1-13(2,3)12-10(9-17(6)15-12)7-14-8-11(18)16(4)5/h9,14H,7-8H2,1-6H3. The molecule has 0 radical (unpaired) electrons. The van der Waals surface area contributed by atoms with Crippen LogP contribution in [0.1, 0.15) is 32.0 Å². The van der Waals surface area contributed by atoms with E-state index in [1.54, 1.807) is 19.0 Å². The first-order chi connectivity index (χ1) is 8.21. The van der Waals surface area contributed by atoms with Crippen LogP contribution < -0.4 is 5.32 Å². The minimum Gasteiger partial charge on any atom is -0.348 e. The molecule has 0 bridgehead atoms. The Hall–Kier alpha value is -1.36. The summed E-state index contributed by atoms with van der Waals surface area (Å²) in [6.45, 7) is 7.45. The van der Waals surface area contributed by atoms with Gasteiger partial charge in [-0.25, -0.2) is 0 Å². The average molecular weight is 252 g/mol. The highest BCUT2D eigenvalue weighted by Gasteiger charge is 2.21. The summed E-state index contributed by atoms with van der Waals surface area (Å²) in [4.78, 5) is 13.0. The number of aryl methyl sites for hydroxylation is 1. The summed E-state index contributed by atoms with van der Waals surface area (Å²) in [5.74, 6) is 0.0798. The van der Waals surface area contributed by atoms with E-state index < -0.39 is 0 Å². The Morgan fingerprint density at radius 3 is 2.56 bits per heavy atom. The molecule has 1 heterocycles. The highest BCUT2D eigenvalue weighted by atomic mass is 16.2. The Labute approximate surface area is 109 Å². The number of amides is 1. The highest BCUT2D eigenvalue weighted by Crippen LogP contribution is 2.23. The second-order valence-corrected chi connectivity index (χ2v) is 5.82. The molecule has 0 atom stereocenters. The molecule has 1 amide bonds. The Morgan fingerprint density at radius 1 is 1.44 bits per heavy atom. The van der Waals surface area contributed by atoms with E-state index in [4.69, 9.17) is 0 Å². The molecule has 1 rings (SSSR count). The first-order valence-electron chi connectivity index (χ1n) is 6.15. The average Bonchev–Trinajstić information content (AvgIpc) is 2.59. The number of aromatic nitrogens is 2. The van der Waals surface area contributed by atoms with Crippen LogP contribution >= 0.6 is 0 Å². The van der Waals surface area contributed by atoms with Gasteiger partial charge in [0, 0.05) is 44.9 Å². The zero-order valence-electron chi connectivity index (χ0n) is 12.2. The molecule has 0 aliphatic rings. The molecule has 1 aromatic rings. The first-order valence-corrected chi connectivity index (χ1v) is 6.15. The van der Waals surface area contributed by atoms with E-state index >= 15 is 0 Å². The van der Waals surface area contributed by atoms with Crippen LogP contribution in [0, 0.1) is 0 Å². The smallest absolute Gasteiger partial charge is 0.236 e. The van der Waals surface area contributed by atoms with Gasteiger partial charge in [-0.15, -0.1) is 0 Å². The number of nitrogens with one attached hydrogen (secondary N) is 1. The zero-order valence-corrected chi connectivity index (χ0v) is 12.2. The van der Waals surface area contributed by atoms with Gasteiger partial charge in [0.05, 0.1) is 12.2 Å². The molecule has 0 spiro atoms. The SMILES string of the molecule is CN(C)C(=O)CNCc1cn(C)nc1C(C)(C)C. The van der Waals surface area contributed by atoms with Crippen molar-refractivity contribution < 1.29 is 4.79 Å². The number of carbonyl (C=O) groups excluding carboxylic acids is 1. The van der Waals surface area contributed by atoms with Crippen molar-refractivity contribution in [3.8, 4) is 0 Å². The van der Waals surface area contributed by atoms with Gasteiger partial charge in [-0.1, -0.05) is 20.8 Å². The largest absolute Gasteiger partial charge is 0.348 e. The van der Waals surface area contributed by atoms with E-state index in [1.165, 1.54) is 0 Å². The maximum absolute atomic E-state index is 11.5. The molecule has 0 unspecified atom stereocenters. The summed E-state index contributed by atoms with van der Waals surface area (Å²) in [6, 6.07) is 0. The van der Waals surface area contributed by atoms with Crippen LogP contribution in [0.4, 0.5) is 0 Å². The summed E-state index contributed by atoms with van der Waals surface area (Å²) in [6.07, 6.45) is 2.01. The fourth-order valence-electron chi connectivity index (χ4n) is 1.76. The fourth-order valence-corrected chi connectivity index (χ4v) is 1.76. The molecule has 0 saturated carbocycles. The summed E-state index contributed by atoms with van der Waals surface area (Å²) < 4.78 is 1.82. The molecule has 102 valence electrons. The van der Waals surface area contributed by atoms with E-state index in [1.807, 2.05) is 17.9 Å². The molecule has 0 saturated heterocycles. The van der Waals surface area contributed by atoms with Gasteiger partial charge in [0.2, 0.25) is 5.91 Å². The lowest BCUT2D eigenvalue weighted by molar-refractivity contribution is -0.127. The molecule has 0 fully saturated rings. The van der Waals surface area contributed by atoms with Crippen molar-refractivity contribution in [2.45, 2.75) is 32.7 Å². The van der Waals surface area contributed by atoms with Crippen molar-refractivity contribution in [1.29, 1.82) is 0 Å². The maximum Gasteiger partial charge on any atom is 0.236 e. The molecular formula is C13H24N4O. The van der Waals surface area contributed by atoms with E-state index in [9.17, 15) is 4.79 Å². The van der Waals surface area contributed by atoms with Crippen LogP contribution in [0.5, 0.6) is 0 Å². The second kappa shape index (κ2) is 5.52. The van der Waals surface area contributed by atoms with E-state index in [-0.39, 0.29) is 11.3 Å². The topological polar surface area (TPSA) is 50.2 Å². The van der Waals surface area contributed by atoms with Gasteiger partial charge in [0.15, 0.2) is 0 Å². The number of hydrogen-bond acceptors (Lipinski definition) is 3. The number of rotatable bonds is 4. The van der Waals surface area contributed by atoms with Crippen LogP contribution in [-0.4, -0.2) is 41.2 Å². The Kier molecular flexibility index (Phi) is 4.51. The van der Waals surface area contributed by atoms with Gasteiger partial charge < -0.3 is 10.2 Å².